The molecule has 1 saturated heterocycles. The number of hydrogen-bond acceptors (Lipinski definition) is 3. The van der Waals surface area contributed by atoms with Crippen LogP contribution in [0.5, 0.6) is 0 Å². The maximum Gasteiger partial charge on any atom is 0.243 e. The molecule has 1 aromatic carbocycles. The van der Waals surface area contributed by atoms with E-state index in [-0.39, 0.29) is 13.5 Å². The molecule has 3 aliphatic rings. The maximum absolute atomic E-state index is 12.3. The first-order valence-electron chi connectivity index (χ1n) is 5.49. The summed E-state index contributed by atoms with van der Waals surface area (Å²) in [4.78, 5) is 0.419. The van der Waals surface area contributed by atoms with E-state index >= 15 is 0 Å². The number of sulfonamides is 1. The van der Waals surface area contributed by atoms with Crippen molar-refractivity contribution in [3.8, 4) is 0 Å². The molecule has 0 radical (unpaired) electrons. The van der Waals surface area contributed by atoms with Crippen molar-refractivity contribution in [2.75, 3.05) is 19.6 Å². The highest BCUT2D eigenvalue weighted by Gasteiger charge is 2.34. The topological polar surface area (TPSA) is 49.4 Å². The van der Waals surface area contributed by atoms with Gasteiger partial charge in [-0.05, 0) is 24.1 Å². The van der Waals surface area contributed by atoms with Crippen LogP contribution >= 0.6 is 0 Å². The van der Waals surface area contributed by atoms with Crippen LogP contribution in [0.1, 0.15) is 13.0 Å². The van der Waals surface area contributed by atoms with E-state index in [2.05, 4.69) is 5.32 Å². The second kappa shape index (κ2) is 4.40. The molecule has 5 heteroatoms. The Morgan fingerprint density at radius 3 is 2.65 bits per heavy atom. The molecule has 1 unspecified atom stereocenters. The van der Waals surface area contributed by atoms with Gasteiger partial charge in [0.1, 0.15) is 0 Å². The van der Waals surface area contributed by atoms with Gasteiger partial charge in [-0.25, -0.2) is 8.42 Å². The molecule has 1 atom stereocenters. The van der Waals surface area contributed by atoms with Crippen LogP contribution in [0.25, 0.3) is 0 Å². The molecule has 0 aromatic heterocycles. The predicted octanol–water partition coefficient (Wildman–Crippen LogP) is 0.841. The molecular formula is C12H18N2O2S. The van der Waals surface area contributed by atoms with Crippen LogP contribution in [0.15, 0.2) is 29.2 Å². The molecule has 17 heavy (non-hydrogen) atoms. The van der Waals surface area contributed by atoms with E-state index in [1.807, 2.05) is 12.1 Å². The monoisotopic (exact) mass is 254 g/mol. The van der Waals surface area contributed by atoms with Crippen molar-refractivity contribution < 1.29 is 8.42 Å². The lowest BCUT2D eigenvalue weighted by molar-refractivity contribution is 0.264. The lowest BCUT2D eigenvalue weighted by Crippen LogP contribution is -2.54. The smallest absolute Gasteiger partial charge is 0.243 e. The summed E-state index contributed by atoms with van der Waals surface area (Å²) in [6, 6.07) is 7.32. The third-order valence-electron chi connectivity index (χ3n) is 3.30. The van der Waals surface area contributed by atoms with Crippen LogP contribution < -0.4 is 5.32 Å². The Hall–Kier alpha value is -0.910. The first kappa shape index (κ1) is 12.5. The minimum Gasteiger partial charge on any atom is -0.314 e. The largest absolute Gasteiger partial charge is 0.314 e. The minimum atomic E-state index is -3.27. The molecule has 3 aliphatic heterocycles. The number of nitrogens with zero attached hydrogens (tertiary/aromatic N) is 1. The van der Waals surface area contributed by atoms with E-state index in [1.54, 1.807) is 16.4 Å². The fourth-order valence-corrected chi connectivity index (χ4v) is 4.06. The molecule has 0 saturated carbocycles. The lowest BCUT2D eigenvalue weighted by atomic mass is 10.0. The molecule has 1 N–H and O–H groups in total. The van der Waals surface area contributed by atoms with Crippen LogP contribution in [-0.2, 0) is 16.4 Å². The lowest BCUT2D eigenvalue weighted by Gasteiger charge is -2.36. The van der Waals surface area contributed by atoms with Gasteiger partial charge < -0.3 is 5.32 Å². The van der Waals surface area contributed by atoms with Crippen molar-refractivity contribution in [3.05, 3.63) is 29.8 Å². The zero-order valence-corrected chi connectivity index (χ0v) is 9.70. The Balaban J connectivity index is 0.00000108. The first-order valence-corrected chi connectivity index (χ1v) is 6.93. The number of hydrogen-bond donors (Lipinski definition) is 1. The Bertz CT molecular complexity index is 496. The van der Waals surface area contributed by atoms with E-state index < -0.39 is 10.0 Å². The Kier molecular flexibility index (Phi) is 3.25. The predicted molar refractivity (Wildman–Crippen MR) is 67.4 cm³/mol. The highest BCUT2D eigenvalue weighted by Crippen LogP contribution is 2.25. The van der Waals surface area contributed by atoms with Gasteiger partial charge in [0, 0.05) is 25.7 Å². The molecule has 1 aromatic rings. The average Bonchev–Trinajstić information content (AvgIpc) is 2.29. The molecule has 2 bridgehead atoms. The highest BCUT2D eigenvalue weighted by atomic mass is 32.2. The fourth-order valence-electron chi connectivity index (χ4n) is 2.44. The number of nitrogens with one attached hydrogen (secondary N) is 1. The van der Waals surface area contributed by atoms with Crippen molar-refractivity contribution in [3.63, 3.8) is 0 Å². The van der Waals surface area contributed by atoms with Crippen LogP contribution in [0.3, 0.4) is 0 Å². The fraction of sp³-hybridized carbons (Fsp3) is 0.500. The van der Waals surface area contributed by atoms with Crippen molar-refractivity contribution >= 4 is 10.0 Å². The third kappa shape index (κ3) is 1.99. The second-order valence-corrected chi connectivity index (χ2v) is 6.21. The van der Waals surface area contributed by atoms with E-state index in [0.29, 0.717) is 11.4 Å². The Morgan fingerprint density at radius 1 is 1.24 bits per heavy atom. The molecule has 0 amide bonds. The van der Waals surface area contributed by atoms with Gasteiger partial charge in [0.2, 0.25) is 10.0 Å². The summed E-state index contributed by atoms with van der Waals surface area (Å²) in [5.74, 6) is 0. The van der Waals surface area contributed by atoms with Gasteiger partial charge in [0.05, 0.1) is 4.90 Å². The summed E-state index contributed by atoms with van der Waals surface area (Å²) in [5.41, 5.74) is 1.21. The van der Waals surface area contributed by atoms with Crippen molar-refractivity contribution in [1.29, 1.82) is 0 Å². The van der Waals surface area contributed by atoms with Crippen LogP contribution in [0.2, 0.25) is 0 Å². The number of benzene rings is 1. The normalized spacial score (nSPS) is 26.5. The van der Waals surface area contributed by atoms with E-state index in [4.69, 9.17) is 0 Å². The summed E-state index contributed by atoms with van der Waals surface area (Å²) in [7, 11) is -3.27. The molecule has 4 rings (SSSR count). The zero-order chi connectivity index (χ0) is 11.2. The van der Waals surface area contributed by atoms with Crippen molar-refractivity contribution in [2.24, 2.45) is 0 Å². The Morgan fingerprint density at radius 2 is 1.94 bits per heavy atom. The maximum atomic E-state index is 12.3. The number of rotatable bonds is 0. The Labute approximate surface area is 103 Å². The molecule has 0 aliphatic carbocycles. The SMILES string of the molecule is C.O=S1(=O)c2ccc(cc2)CC2CNCCN21. The van der Waals surface area contributed by atoms with Gasteiger partial charge in [-0.3, -0.25) is 0 Å². The van der Waals surface area contributed by atoms with Crippen LogP contribution in [-0.4, -0.2) is 38.4 Å². The van der Waals surface area contributed by atoms with Gasteiger partial charge in [0.25, 0.3) is 0 Å². The quantitative estimate of drug-likeness (QED) is 0.746. The molecule has 94 valence electrons. The zero-order valence-electron chi connectivity index (χ0n) is 8.89. The summed E-state index contributed by atoms with van der Waals surface area (Å²) in [6.07, 6.45) is 0.798. The minimum absolute atomic E-state index is 0. The van der Waals surface area contributed by atoms with Crippen molar-refractivity contribution in [1.82, 2.24) is 9.62 Å². The van der Waals surface area contributed by atoms with E-state index in [0.717, 1.165) is 19.5 Å². The van der Waals surface area contributed by atoms with Gasteiger partial charge in [-0.2, -0.15) is 4.31 Å². The van der Waals surface area contributed by atoms with E-state index in [9.17, 15) is 8.42 Å². The summed E-state index contributed by atoms with van der Waals surface area (Å²) < 4.78 is 26.3. The van der Waals surface area contributed by atoms with Crippen LogP contribution in [0.4, 0.5) is 0 Å². The summed E-state index contributed by atoms with van der Waals surface area (Å²) in [6.45, 7) is 2.06. The molecular weight excluding hydrogens is 236 g/mol. The first-order chi connectivity index (χ1) is 7.68. The summed E-state index contributed by atoms with van der Waals surface area (Å²) >= 11 is 0. The molecule has 0 spiro atoms. The van der Waals surface area contributed by atoms with E-state index in [1.165, 1.54) is 5.56 Å². The van der Waals surface area contributed by atoms with Gasteiger partial charge in [-0.1, -0.05) is 19.6 Å². The molecule has 3 heterocycles. The molecule has 1 fully saturated rings. The standard InChI is InChI=1S/C11H14N2O2S.CH4/c14-16(15)11-3-1-9(2-4-11)7-10-8-12-5-6-13(10)16;/h1-4,10,12H,5-8H2;1H4. The van der Waals surface area contributed by atoms with Crippen molar-refractivity contribution in [2.45, 2.75) is 24.8 Å². The van der Waals surface area contributed by atoms with Gasteiger partial charge in [0.15, 0.2) is 0 Å². The summed E-state index contributed by atoms with van der Waals surface area (Å²) in [5, 5.41) is 3.25. The van der Waals surface area contributed by atoms with Gasteiger partial charge >= 0.3 is 0 Å². The molecule has 4 nitrogen and oxygen atoms in total. The second-order valence-electron chi connectivity index (χ2n) is 4.32. The number of piperazine rings is 1. The van der Waals surface area contributed by atoms with Crippen LogP contribution in [0, 0.1) is 0 Å². The average molecular weight is 254 g/mol. The number of fused-ring (bicyclic) bond motifs is 2. The third-order valence-corrected chi connectivity index (χ3v) is 5.26. The highest BCUT2D eigenvalue weighted by molar-refractivity contribution is 7.89. The van der Waals surface area contributed by atoms with Gasteiger partial charge in [-0.15, -0.1) is 0 Å².